The zero-order valence-electron chi connectivity index (χ0n) is 7.18. The molecule has 2 rings (SSSR count). The molecule has 0 saturated carbocycles. The zero-order valence-corrected chi connectivity index (χ0v) is 8.83. The van der Waals surface area contributed by atoms with Crippen LogP contribution in [0.3, 0.4) is 0 Å². The summed E-state index contributed by atoms with van der Waals surface area (Å²) in [7, 11) is 0. The van der Waals surface area contributed by atoms with Crippen LogP contribution in [0, 0.1) is 0 Å². The van der Waals surface area contributed by atoms with E-state index in [1.807, 2.05) is 18.2 Å². The summed E-state index contributed by atoms with van der Waals surface area (Å²) in [5, 5.41) is 0.608. The lowest BCUT2D eigenvalue weighted by Gasteiger charge is -2.04. The van der Waals surface area contributed by atoms with Crippen LogP contribution in [0.2, 0.25) is 5.02 Å². The Balaban J connectivity index is 2.58. The third-order valence-electron chi connectivity index (χ3n) is 1.82. The van der Waals surface area contributed by atoms with Gasteiger partial charge in [-0.25, -0.2) is 0 Å². The van der Waals surface area contributed by atoms with E-state index in [0.717, 1.165) is 16.2 Å². The lowest BCUT2D eigenvalue weighted by molar-refractivity contribution is 1.20. The topological polar surface area (TPSA) is 25.8 Å². The van der Waals surface area contributed by atoms with Crippen LogP contribution in [0.4, 0.5) is 0 Å². The highest BCUT2D eigenvalue weighted by Gasteiger charge is 2.06. The average Bonchev–Trinajstić information content (AvgIpc) is 2.23. The number of nitrogens with zero attached hydrogens (tertiary/aromatic N) is 2. The first-order chi connectivity index (χ1) is 6.79. The molecule has 0 unspecified atom stereocenters. The van der Waals surface area contributed by atoms with Crippen molar-refractivity contribution in [1.82, 2.24) is 9.97 Å². The van der Waals surface area contributed by atoms with Gasteiger partial charge in [0.05, 0.1) is 16.9 Å². The van der Waals surface area contributed by atoms with E-state index in [9.17, 15) is 0 Å². The van der Waals surface area contributed by atoms with Gasteiger partial charge in [0.1, 0.15) is 0 Å². The van der Waals surface area contributed by atoms with Crippen LogP contribution in [-0.2, 0) is 0 Å². The maximum absolute atomic E-state index is 6.08. The van der Waals surface area contributed by atoms with Gasteiger partial charge in [-0.2, -0.15) is 0 Å². The van der Waals surface area contributed by atoms with Crippen molar-refractivity contribution in [2.45, 2.75) is 4.90 Å². The van der Waals surface area contributed by atoms with Crippen molar-refractivity contribution in [3.05, 3.63) is 41.8 Å². The molecule has 2 aromatic rings. The number of benzene rings is 1. The molecular formula is C10H7ClN2S. The molecule has 0 N–H and O–H groups in total. The van der Waals surface area contributed by atoms with Gasteiger partial charge in [-0.15, -0.1) is 12.6 Å². The van der Waals surface area contributed by atoms with E-state index >= 15 is 0 Å². The third-order valence-corrected chi connectivity index (χ3v) is 2.73. The van der Waals surface area contributed by atoms with Crippen molar-refractivity contribution >= 4 is 24.2 Å². The number of hydrogen-bond donors (Lipinski definition) is 1. The van der Waals surface area contributed by atoms with Gasteiger partial charge in [-0.05, 0) is 6.07 Å². The summed E-state index contributed by atoms with van der Waals surface area (Å²) >= 11 is 10.3. The van der Waals surface area contributed by atoms with Crippen molar-refractivity contribution in [2.24, 2.45) is 0 Å². The quantitative estimate of drug-likeness (QED) is 0.751. The molecule has 0 spiro atoms. The Morgan fingerprint density at radius 2 is 2.07 bits per heavy atom. The van der Waals surface area contributed by atoms with E-state index in [0.29, 0.717) is 5.02 Å². The van der Waals surface area contributed by atoms with Gasteiger partial charge in [-0.1, -0.05) is 23.7 Å². The van der Waals surface area contributed by atoms with Crippen LogP contribution < -0.4 is 0 Å². The van der Waals surface area contributed by atoms with Gasteiger partial charge >= 0.3 is 0 Å². The van der Waals surface area contributed by atoms with E-state index in [2.05, 4.69) is 22.6 Å². The molecular weight excluding hydrogens is 216 g/mol. The molecule has 0 bridgehead atoms. The Morgan fingerprint density at radius 1 is 1.21 bits per heavy atom. The Labute approximate surface area is 92.4 Å². The largest absolute Gasteiger partial charge is 0.261 e. The minimum atomic E-state index is 0.608. The molecule has 1 aromatic carbocycles. The molecule has 0 atom stereocenters. The van der Waals surface area contributed by atoms with E-state index in [4.69, 9.17) is 11.6 Å². The lowest BCUT2D eigenvalue weighted by Crippen LogP contribution is -1.85. The Morgan fingerprint density at radius 3 is 2.79 bits per heavy atom. The summed E-state index contributed by atoms with van der Waals surface area (Å²) in [6, 6.07) is 5.62. The molecule has 1 heterocycles. The first-order valence-corrected chi connectivity index (χ1v) is 4.85. The maximum Gasteiger partial charge on any atom is 0.0900 e. The molecule has 0 aliphatic carbocycles. The summed E-state index contributed by atoms with van der Waals surface area (Å²) in [4.78, 5) is 8.90. The van der Waals surface area contributed by atoms with Crippen molar-refractivity contribution in [2.75, 3.05) is 0 Å². The number of rotatable bonds is 1. The molecule has 0 radical (unpaired) electrons. The van der Waals surface area contributed by atoms with Gasteiger partial charge < -0.3 is 0 Å². The molecule has 2 nitrogen and oxygen atoms in total. The zero-order chi connectivity index (χ0) is 9.97. The molecule has 0 fully saturated rings. The monoisotopic (exact) mass is 222 g/mol. The van der Waals surface area contributed by atoms with Gasteiger partial charge in [0.2, 0.25) is 0 Å². The van der Waals surface area contributed by atoms with Gasteiger partial charge in [0.25, 0.3) is 0 Å². The molecule has 0 amide bonds. The second-order valence-electron chi connectivity index (χ2n) is 2.73. The van der Waals surface area contributed by atoms with Crippen LogP contribution >= 0.6 is 24.2 Å². The lowest BCUT2D eigenvalue weighted by atomic mass is 10.1. The second kappa shape index (κ2) is 3.98. The number of thiol groups is 1. The molecule has 70 valence electrons. The molecule has 1 aromatic heterocycles. The number of hydrogen-bond acceptors (Lipinski definition) is 3. The van der Waals surface area contributed by atoms with Crippen LogP contribution in [0.1, 0.15) is 0 Å². The fourth-order valence-electron chi connectivity index (χ4n) is 1.16. The number of aromatic nitrogens is 2. The van der Waals surface area contributed by atoms with Crippen molar-refractivity contribution in [3.8, 4) is 11.3 Å². The minimum absolute atomic E-state index is 0.608. The normalized spacial score (nSPS) is 10.1. The standard InChI is InChI=1S/C10H7ClN2S/c11-10-7(2-1-3-9(10)14)8-6-12-4-5-13-8/h1-6,14H. The van der Waals surface area contributed by atoms with Gasteiger partial charge in [0.15, 0.2) is 0 Å². The Bertz CT molecular complexity index is 445. The molecule has 4 heteroatoms. The van der Waals surface area contributed by atoms with Crippen molar-refractivity contribution < 1.29 is 0 Å². The third kappa shape index (κ3) is 1.74. The summed E-state index contributed by atoms with van der Waals surface area (Å²) < 4.78 is 0. The number of halogens is 1. The summed E-state index contributed by atoms with van der Waals surface area (Å²) in [6.07, 6.45) is 4.94. The molecule has 0 aliphatic rings. The van der Waals surface area contributed by atoms with Crippen molar-refractivity contribution in [1.29, 1.82) is 0 Å². The highest BCUT2D eigenvalue weighted by atomic mass is 35.5. The van der Waals surface area contributed by atoms with Gasteiger partial charge in [0, 0.05) is 22.9 Å². The maximum atomic E-state index is 6.08. The van der Waals surface area contributed by atoms with E-state index in [-0.39, 0.29) is 0 Å². The van der Waals surface area contributed by atoms with Crippen LogP contribution in [0.25, 0.3) is 11.3 Å². The highest BCUT2D eigenvalue weighted by Crippen LogP contribution is 2.30. The fourth-order valence-corrected chi connectivity index (χ4v) is 1.59. The molecule has 0 aliphatic heterocycles. The summed E-state index contributed by atoms with van der Waals surface area (Å²) in [6.45, 7) is 0. The second-order valence-corrected chi connectivity index (χ2v) is 3.59. The van der Waals surface area contributed by atoms with Crippen LogP contribution in [-0.4, -0.2) is 9.97 Å². The van der Waals surface area contributed by atoms with Crippen LogP contribution in [0.5, 0.6) is 0 Å². The first kappa shape index (κ1) is 9.49. The highest BCUT2D eigenvalue weighted by molar-refractivity contribution is 7.80. The van der Waals surface area contributed by atoms with E-state index in [1.54, 1.807) is 18.6 Å². The fraction of sp³-hybridized carbons (Fsp3) is 0. The summed E-state index contributed by atoms with van der Waals surface area (Å²) in [5.74, 6) is 0. The van der Waals surface area contributed by atoms with E-state index in [1.165, 1.54) is 0 Å². The van der Waals surface area contributed by atoms with E-state index < -0.39 is 0 Å². The summed E-state index contributed by atoms with van der Waals surface area (Å²) in [5.41, 5.74) is 1.61. The Hall–Kier alpha value is -1.06. The first-order valence-electron chi connectivity index (χ1n) is 4.03. The van der Waals surface area contributed by atoms with Crippen molar-refractivity contribution in [3.63, 3.8) is 0 Å². The smallest absolute Gasteiger partial charge is 0.0900 e. The van der Waals surface area contributed by atoms with Gasteiger partial charge in [-0.3, -0.25) is 9.97 Å². The minimum Gasteiger partial charge on any atom is -0.261 e. The SMILES string of the molecule is Sc1cccc(-c2cnccn2)c1Cl. The Kier molecular flexibility index (Phi) is 2.70. The predicted molar refractivity (Wildman–Crippen MR) is 59.7 cm³/mol. The van der Waals surface area contributed by atoms with Crippen LogP contribution in [0.15, 0.2) is 41.7 Å². The average molecular weight is 223 g/mol. The molecule has 0 saturated heterocycles. The molecule has 14 heavy (non-hydrogen) atoms. The predicted octanol–water partition coefficient (Wildman–Crippen LogP) is 3.09.